The SMILES string of the molecule is CC1(C)O[C@](C)(C2C=C[C@@](C)(O)CC2)CC[C@@H]1O. The molecular weight excluding hydrogens is 228 g/mol. The van der Waals surface area contributed by atoms with Gasteiger partial charge < -0.3 is 14.9 Å². The molecule has 1 unspecified atom stereocenters. The largest absolute Gasteiger partial charge is 0.390 e. The summed E-state index contributed by atoms with van der Waals surface area (Å²) in [5, 5.41) is 19.9. The Kier molecular flexibility index (Phi) is 3.37. The normalized spacial score (nSPS) is 48.1. The summed E-state index contributed by atoms with van der Waals surface area (Å²) in [4.78, 5) is 0. The van der Waals surface area contributed by atoms with Crippen LogP contribution in [0, 0.1) is 5.92 Å². The zero-order valence-corrected chi connectivity index (χ0v) is 11.9. The van der Waals surface area contributed by atoms with Crippen molar-refractivity contribution in [2.75, 3.05) is 0 Å². The van der Waals surface area contributed by atoms with Crippen molar-refractivity contribution in [2.45, 2.75) is 76.3 Å². The molecule has 0 bridgehead atoms. The van der Waals surface area contributed by atoms with Gasteiger partial charge in [-0.05, 0) is 53.4 Å². The van der Waals surface area contributed by atoms with E-state index in [-0.39, 0.29) is 11.7 Å². The number of hydrogen-bond donors (Lipinski definition) is 2. The molecular formula is C15H26O3. The Morgan fingerprint density at radius 1 is 1.11 bits per heavy atom. The lowest BCUT2D eigenvalue weighted by Gasteiger charge is -2.50. The van der Waals surface area contributed by atoms with Crippen LogP contribution >= 0.6 is 0 Å². The van der Waals surface area contributed by atoms with E-state index in [9.17, 15) is 10.2 Å². The Hall–Kier alpha value is -0.380. The van der Waals surface area contributed by atoms with Crippen molar-refractivity contribution in [3.63, 3.8) is 0 Å². The molecule has 1 heterocycles. The van der Waals surface area contributed by atoms with E-state index in [1.807, 2.05) is 26.8 Å². The standard InChI is InChI=1S/C15H26O3/c1-13(2)12(16)7-10-15(4,18-13)11-5-8-14(3,17)9-6-11/h5,8,11-12,16-17H,6-7,9-10H2,1-4H3/t11?,12-,14+,15-/m0/s1. The summed E-state index contributed by atoms with van der Waals surface area (Å²) < 4.78 is 6.20. The second-order valence-corrected chi connectivity index (χ2v) is 6.93. The number of aliphatic hydroxyl groups excluding tert-OH is 1. The predicted molar refractivity (Wildman–Crippen MR) is 71.3 cm³/mol. The highest BCUT2D eigenvalue weighted by Gasteiger charge is 2.47. The van der Waals surface area contributed by atoms with Gasteiger partial charge in [-0.2, -0.15) is 0 Å². The third-order valence-electron chi connectivity index (χ3n) is 4.65. The van der Waals surface area contributed by atoms with Crippen molar-refractivity contribution in [2.24, 2.45) is 5.92 Å². The van der Waals surface area contributed by atoms with Crippen LogP contribution in [0.4, 0.5) is 0 Å². The van der Waals surface area contributed by atoms with Gasteiger partial charge in [0.05, 0.1) is 22.9 Å². The highest BCUT2D eigenvalue weighted by molar-refractivity contribution is 5.11. The van der Waals surface area contributed by atoms with Gasteiger partial charge in [0.15, 0.2) is 0 Å². The minimum Gasteiger partial charge on any atom is -0.390 e. The van der Waals surface area contributed by atoms with Crippen LogP contribution in [-0.2, 0) is 4.74 Å². The fraction of sp³-hybridized carbons (Fsp3) is 0.867. The van der Waals surface area contributed by atoms with E-state index in [1.165, 1.54) is 0 Å². The lowest BCUT2D eigenvalue weighted by atomic mass is 9.73. The molecule has 0 spiro atoms. The van der Waals surface area contributed by atoms with E-state index in [0.29, 0.717) is 5.92 Å². The van der Waals surface area contributed by atoms with E-state index in [0.717, 1.165) is 25.7 Å². The molecule has 3 heteroatoms. The molecule has 2 N–H and O–H groups in total. The third kappa shape index (κ3) is 2.63. The van der Waals surface area contributed by atoms with Gasteiger partial charge in [0.2, 0.25) is 0 Å². The first-order chi connectivity index (χ1) is 8.15. The summed E-state index contributed by atoms with van der Waals surface area (Å²) >= 11 is 0. The zero-order valence-electron chi connectivity index (χ0n) is 11.9. The van der Waals surface area contributed by atoms with Crippen LogP contribution in [0.15, 0.2) is 12.2 Å². The van der Waals surface area contributed by atoms with Crippen LogP contribution in [-0.4, -0.2) is 33.1 Å². The average molecular weight is 254 g/mol. The lowest BCUT2D eigenvalue weighted by Crippen LogP contribution is -2.55. The molecule has 0 aromatic rings. The summed E-state index contributed by atoms with van der Waals surface area (Å²) in [6, 6.07) is 0. The Morgan fingerprint density at radius 3 is 2.28 bits per heavy atom. The van der Waals surface area contributed by atoms with Crippen molar-refractivity contribution < 1.29 is 14.9 Å². The molecule has 104 valence electrons. The van der Waals surface area contributed by atoms with Crippen LogP contribution in [0.3, 0.4) is 0 Å². The van der Waals surface area contributed by atoms with Crippen LogP contribution < -0.4 is 0 Å². The van der Waals surface area contributed by atoms with Gasteiger partial charge in [0, 0.05) is 5.92 Å². The number of rotatable bonds is 1. The molecule has 0 saturated carbocycles. The fourth-order valence-corrected chi connectivity index (χ4v) is 3.21. The van der Waals surface area contributed by atoms with Crippen molar-refractivity contribution in [3.8, 4) is 0 Å². The van der Waals surface area contributed by atoms with Gasteiger partial charge >= 0.3 is 0 Å². The van der Waals surface area contributed by atoms with Crippen LogP contribution in [0.2, 0.25) is 0 Å². The van der Waals surface area contributed by atoms with E-state index in [2.05, 4.69) is 13.0 Å². The molecule has 2 rings (SSSR count). The van der Waals surface area contributed by atoms with Gasteiger partial charge in [-0.15, -0.1) is 0 Å². The first-order valence-corrected chi connectivity index (χ1v) is 6.95. The molecule has 0 radical (unpaired) electrons. The first kappa shape index (κ1) is 14.0. The molecule has 18 heavy (non-hydrogen) atoms. The van der Waals surface area contributed by atoms with Crippen LogP contribution in [0.25, 0.3) is 0 Å². The number of hydrogen-bond acceptors (Lipinski definition) is 3. The van der Waals surface area contributed by atoms with E-state index < -0.39 is 11.2 Å². The molecule has 3 nitrogen and oxygen atoms in total. The first-order valence-electron chi connectivity index (χ1n) is 6.95. The molecule has 1 aliphatic heterocycles. The smallest absolute Gasteiger partial charge is 0.0891 e. The minimum atomic E-state index is -0.670. The molecule has 0 aromatic carbocycles. The summed E-state index contributed by atoms with van der Waals surface area (Å²) in [6.07, 6.45) is 6.97. The highest BCUT2D eigenvalue weighted by atomic mass is 16.5. The van der Waals surface area contributed by atoms with E-state index >= 15 is 0 Å². The molecule has 1 aliphatic carbocycles. The summed E-state index contributed by atoms with van der Waals surface area (Å²) in [5.41, 5.74) is -1.38. The van der Waals surface area contributed by atoms with Crippen molar-refractivity contribution >= 4 is 0 Å². The maximum Gasteiger partial charge on any atom is 0.0891 e. The molecule has 0 aromatic heterocycles. The second-order valence-electron chi connectivity index (χ2n) is 6.93. The predicted octanol–water partition coefficient (Wildman–Crippen LogP) is 2.41. The van der Waals surface area contributed by atoms with Gasteiger partial charge in [0.1, 0.15) is 0 Å². The number of ether oxygens (including phenoxy) is 1. The van der Waals surface area contributed by atoms with Gasteiger partial charge in [-0.25, -0.2) is 0 Å². The highest BCUT2D eigenvalue weighted by Crippen LogP contribution is 2.44. The van der Waals surface area contributed by atoms with Crippen molar-refractivity contribution in [3.05, 3.63) is 12.2 Å². The molecule has 1 fully saturated rings. The summed E-state index contributed by atoms with van der Waals surface area (Å²) in [6.45, 7) is 7.89. The summed E-state index contributed by atoms with van der Waals surface area (Å²) in [7, 11) is 0. The summed E-state index contributed by atoms with van der Waals surface area (Å²) in [5.74, 6) is 0.324. The lowest BCUT2D eigenvalue weighted by molar-refractivity contribution is -0.229. The Labute approximate surface area is 110 Å². The van der Waals surface area contributed by atoms with Gasteiger partial charge in [-0.1, -0.05) is 12.2 Å². The monoisotopic (exact) mass is 254 g/mol. The quantitative estimate of drug-likeness (QED) is 0.707. The van der Waals surface area contributed by atoms with Crippen LogP contribution in [0.5, 0.6) is 0 Å². The topological polar surface area (TPSA) is 49.7 Å². The maximum absolute atomic E-state index is 9.97. The molecule has 0 amide bonds. The average Bonchev–Trinajstić information content (AvgIpc) is 2.23. The molecule has 2 aliphatic rings. The minimum absolute atomic E-state index is 0.226. The van der Waals surface area contributed by atoms with E-state index in [4.69, 9.17) is 4.74 Å². The van der Waals surface area contributed by atoms with E-state index in [1.54, 1.807) is 0 Å². The number of aliphatic hydroxyl groups is 2. The van der Waals surface area contributed by atoms with Crippen molar-refractivity contribution in [1.82, 2.24) is 0 Å². The Bertz CT molecular complexity index is 346. The fourth-order valence-electron chi connectivity index (χ4n) is 3.21. The Balaban J connectivity index is 2.14. The van der Waals surface area contributed by atoms with Crippen molar-refractivity contribution in [1.29, 1.82) is 0 Å². The molecule has 1 saturated heterocycles. The second kappa shape index (κ2) is 4.32. The Morgan fingerprint density at radius 2 is 1.78 bits per heavy atom. The van der Waals surface area contributed by atoms with Gasteiger partial charge in [-0.3, -0.25) is 0 Å². The third-order valence-corrected chi connectivity index (χ3v) is 4.65. The zero-order chi connectivity index (χ0) is 13.6. The van der Waals surface area contributed by atoms with Crippen LogP contribution in [0.1, 0.15) is 53.4 Å². The maximum atomic E-state index is 9.97. The molecule has 4 atom stereocenters. The van der Waals surface area contributed by atoms with Gasteiger partial charge in [0.25, 0.3) is 0 Å².